The molecule has 0 spiro atoms. The number of hydrogen-bond donors (Lipinski definition) is 0. The van der Waals surface area contributed by atoms with Crippen molar-refractivity contribution in [3.8, 4) is 17.2 Å². The summed E-state index contributed by atoms with van der Waals surface area (Å²) in [5.41, 5.74) is -2.68. The van der Waals surface area contributed by atoms with E-state index >= 15 is 0 Å². The zero-order valence-corrected chi connectivity index (χ0v) is 14.6. The number of esters is 1. The number of halogens is 5. The Hall–Kier alpha value is -3.43. The number of nitrogens with zero attached hydrogens (tertiary/aromatic N) is 1. The lowest BCUT2D eigenvalue weighted by atomic mass is 10.1. The number of rotatable bonds is 2. The fourth-order valence-electron chi connectivity index (χ4n) is 3.12. The number of fused-ring (bicyclic) bond motifs is 2. The van der Waals surface area contributed by atoms with E-state index in [-0.39, 0.29) is 23.2 Å². The molecule has 0 fully saturated rings. The van der Waals surface area contributed by atoms with Gasteiger partial charge in [-0.25, -0.2) is 9.18 Å². The second-order valence-corrected chi connectivity index (χ2v) is 6.14. The van der Waals surface area contributed by atoms with Crippen molar-refractivity contribution < 1.29 is 36.2 Å². The topological polar surface area (TPSA) is 57.5 Å². The summed E-state index contributed by atoms with van der Waals surface area (Å²) in [6.45, 7) is 1.46. The molecule has 0 amide bonds. The molecule has 1 aliphatic heterocycles. The third-order valence-electron chi connectivity index (χ3n) is 4.39. The minimum absolute atomic E-state index is 0.00653. The van der Waals surface area contributed by atoms with Crippen molar-refractivity contribution in [2.24, 2.45) is 0 Å². The largest absolute Gasteiger partial charge is 0.462 e. The Labute approximate surface area is 158 Å². The van der Waals surface area contributed by atoms with Gasteiger partial charge in [0.15, 0.2) is 17.3 Å². The Balaban J connectivity index is 2.10. The summed E-state index contributed by atoms with van der Waals surface area (Å²) < 4.78 is 78.6. The number of benzene rings is 2. The van der Waals surface area contributed by atoms with Crippen LogP contribution in [0.15, 0.2) is 35.3 Å². The first kappa shape index (κ1) is 18.9. The van der Waals surface area contributed by atoms with Gasteiger partial charge in [0.1, 0.15) is 11.1 Å². The highest BCUT2D eigenvalue weighted by Crippen LogP contribution is 2.44. The van der Waals surface area contributed by atoms with E-state index in [9.17, 15) is 31.5 Å². The standard InChI is InChI=1S/C19H10F5NO4/c1-2-28-18(27)10-7-25-12-4-3-8(19(22,23)24)5-13(12)29-17-14(21)11(20)6-9(15(17)25)16(10)26/h3-7H,2H2,1H3. The van der Waals surface area contributed by atoms with Crippen molar-refractivity contribution in [2.45, 2.75) is 13.1 Å². The van der Waals surface area contributed by atoms with Crippen molar-refractivity contribution >= 4 is 16.9 Å². The first-order valence-electron chi connectivity index (χ1n) is 8.27. The van der Waals surface area contributed by atoms with E-state index < -0.39 is 51.8 Å². The fourth-order valence-corrected chi connectivity index (χ4v) is 3.12. The van der Waals surface area contributed by atoms with Gasteiger partial charge in [-0.15, -0.1) is 0 Å². The van der Waals surface area contributed by atoms with Crippen LogP contribution in [0.5, 0.6) is 11.5 Å². The average molecular weight is 411 g/mol. The number of alkyl halides is 3. The summed E-state index contributed by atoms with van der Waals surface area (Å²) in [5, 5.41) is -0.380. The van der Waals surface area contributed by atoms with Crippen LogP contribution in [-0.4, -0.2) is 17.1 Å². The maximum atomic E-state index is 14.4. The first-order chi connectivity index (χ1) is 13.6. The van der Waals surface area contributed by atoms with E-state index in [2.05, 4.69) is 0 Å². The summed E-state index contributed by atoms with van der Waals surface area (Å²) in [4.78, 5) is 24.8. The van der Waals surface area contributed by atoms with Crippen molar-refractivity contribution in [1.82, 2.24) is 4.57 Å². The zero-order chi connectivity index (χ0) is 21.1. The number of ether oxygens (including phenoxy) is 2. The smallest absolute Gasteiger partial charge is 0.416 e. The van der Waals surface area contributed by atoms with Gasteiger partial charge in [0.2, 0.25) is 11.2 Å². The van der Waals surface area contributed by atoms with Crippen LogP contribution in [0.25, 0.3) is 16.6 Å². The van der Waals surface area contributed by atoms with Gasteiger partial charge in [-0.3, -0.25) is 4.79 Å². The average Bonchev–Trinajstić information content (AvgIpc) is 2.66. The number of aromatic nitrogens is 1. The molecule has 0 saturated carbocycles. The molecule has 1 aromatic heterocycles. The van der Waals surface area contributed by atoms with Crippen LogP contribution in [0.3, 0.4) is 0 Å². The van der Waals surface area contributed by atoms with E-state index in [0.717, 1.165) is 22.9 Å². The predicted octanol–water partition coefficient (Wildman–Crippen LogP) is 4.57. The molecule has 0 unspecified atom stereocenters. The molecule has 2 heterocycles. The van der Waals surface area contributed by atoms with Crippen molar-refractivity contribution in [3.05, 3.63) is 63.4 Å². The maximum Gasteiger partial charge on any atom is 0.416 e. The molecule has 29 heavy (non-hydrogen) atoms. The van der Waals surface area contributed by atoms with E-state index in [4.69, 9.17) is 9.47 Å². The van der Waals surface area contributed by atoms with E-state index in [0.29, 0.717) is 12.1 Å². The molecule has 0 radical (unpaired) electrons. The number of hydrogen-bond acceptors (Lipinski definition) is 4. The molecular weight excluding hydrogens is 401 g/mol. The van der Waals surface area contributed by atoms with Gasteiger partial charge < -0.3 is 14.0 Å². The van der Waals surface area contributed by atoms with Gasteiger partial charge in [0.05, 0.1) is 23.2 Å². The van der Waals surface area contributed by atoms with E-state index in [1.165, 1.54) is 6.92 Å². The molecule has 10 heteroatoms. The minimum atomic E-state index is -4.70. The lowest BCUT2D eigenvalue weighted by molar-refractivity contribution is -0.137. The Morgan fingerprint density at radius 3 is 2.59 bits per heavy atom. The molecule has 4 rings (SSSR count). The molecule has 3 aromatic rings. The molecule has 0 aliphatic carbocycles. The van der Waals surface area contributed by atoms with Gasteiger partial charge in [0, 0.05) is 6.20 Å². The number of carbonyl (C=O) groups is 1. The van der Waals surface area contributed by atoms with Crippen molar-refractivity contribution in [1.29, 1.82) is 0 Å². The molecule has 2 aromatic carbocycles. The van der Waals surface area contributed by atoms with Crippen molar-refractivity contribution in [2.75, 3.05) is 6.61 Å². The molecule has 0 saturated heterocycles. The Morgan fingerprint density at radius 2 is 1.93 bits per heavy atom. The third kappa shape index (κ3) is 2.82. The number of pyridine rings is 1. The fraction of sp³-hybridized carbons (Fsp3) is 0.158. The summed E-state index contributed by atoms with van der Waals surface area (Å²) >= 11 is 0. The van der Waals surface area contributed by atoms with Crippen LogP contribution in [-0.2, 0) is 10.9 Å². The third-order valence-corrected chi connectivity index (χ3v) is 4.39. The lowest BCUT2D eigenvalue weighted by Gasteiger charge is -2.25. The monoisotopic (exact) mass is 411 g/mol. The highest BCUT2D eigenvalue weighted by molar-refractivity contribution is 5.97. The minimum Gasteiger partial charge on any atom is -0.462 e. The highest BCUT2D eigenvalue weighted by Gasteiger charge is 2.34. The molecule has 0 N–H and O–H groups in total. The molecule has 1 aliphatic rings. The van der Waals surface area contributed by atoms with Crippen LogP contribution in [0, 0.1) is 11.6 Å². The van der Waals surface area contributed by atoms with E-state index in [1.54, 1.807) is 0 Å². The molecular formula is C19H10F5NO4. The summed E-state index contributed by atoms with van der Waals surface area (Å²) in [5.74, 6) is -5.10. The summed E-state index contributed by atoms with van der Waals surface area (Å²) in [7, 11) is 0. The zero-order valence-electron chi connectivity index (χ0n) is 14.6. The van der Waals surface area contributed by atoms with Gasteiger partial charge >= 0.3 is 12.1 Å². The lowest BCUT2D eigenvalue weighted by Crippen LogP contribution is -2.23. The molecule has 0 atom stereocenters. The quantitative estimate of drug-likeness (QED) is 0.358. The molecule has 0 bridgehead atoms. The highest BCUT2D eigenvalue weighted by atomic mass is 19.4. The van der Waals surface area contributed by atoms with Crippen LogP contribution in [0.4, 0.5) is 22.0 Å². The second-order valence-electron chi connectivity index (χ2n) is 6.14. The van der Waals surface area contributed by atoms with Gasteiger partial charge in [-0.2, -0.15) is 17.6 Å². The van der Waals surface area contributed by atoms with Crippen LogP contribution in [0.1, 0.15) is 22.8 Å². The Bertz CT molecular complexity index is 1250. The van der Waals surface area contributed by atoms with Crippen LogP contribution >= 0.6 is 0 Å². The summed E-state index contributed by atoms with van der Waals surface area (Å²) in [6, 6.07) is 3.03. The Morgan fingerprint density at radius 1 is 1.21 bits per heavy atom. The SMILES string of the molecule is CCOC(=O)c1cn2c3c(c(F)c(F)cc3c1=O)Oc1cc(C(F)(F)F)ccc1-2. The Kier molecular flexibility index (Phi) is 4.10. The van der Waals surface area contributed by atoms with Gasteiger partial charge in [0.25, 0.3) is 0 Å². The normalized spacial score (nSPS) is 12.5. The second kappa shape index (κ2) is 6.29. The van der Waals surface area contributed by atoms with E-state index in [1.807, 2.05) is 0 Å². The van der Waals surface area contributed by atoms with Gasteiger partial charge in [-0.1, -0.05) is 0 Å². The van der Waals surface area contributed by atoms with Gasteiger partial charge in [-0.05, 0) is 31.2 Å². The number of carbonyl (C=O) groups excluding carboxylic acids is 1. The molecule has 5 nitrogen and oxygen atoms in total. The summed E-state index contributed by atoms with van der Waals surface area (Å²) in [6.07, 6.45) is -3.69. The molecule has 150 valence electrons. The van der Waals surface area contributed by atoms with Crippen LogP contribution < -0.4 is 10.2 Å². The van der Waals surface area contributed by atoms with Crippen LogP contribution in [0.2, 0.25) is 0 Å². The van der Waals surface area contributed by atoms with Crippen molar-refractivity contribution in [3.63, 3.8) is 0 Å². The predicted molar refractivity (Wildman–Crippen MR) is 90.5 cm³/mol. The first-order valence-corrected chi connectivity index (χ1v) is 8.27. The maximum absolute atomic E-state index is 14.4.